The van der Waals surface area contributed by atoms with Crippen molar-refractivity contribution in [2.75, 3.05) is 13.1 Å². The van der Waals surface area contributed by atoms with Gasteiger partial charge < -0.3 is 83.0 Å². The zero-order chi connectivity index (χ0) is 59.7. The van der Waals surface area contributed by atoms with Crippen LogP contribution in [0.1, 0.15) is 129 Å². The molecule has 0 bridgehead atoms. The molecule has 2 unspecified atom stereocenters. The highest BCUT2D eigenvalue weighted by Gasteiger charge is 2.49. The van der Waals surface area contributed by atoms with E-state index in [1.165, 1.54) is 18.6 Å². The second kappa shape index (κ2) is 31.5. The zero-order valence-corrected chi connectivity index (χ0v) is 47.3. The van der Waals surface area contributed by atoms with E-state index in [1.807, 2.05) is 0 Å². The topological polar surface area (TPSA) is 391 Å². The molecule has 0 spiro atoms. The molecule has 2 aromatic rings. The number of aromatic hydroxyl groups is 1. The quantitative estimate of drug-likeness (QED) is 0.0658. The molecule has 3 fully saturated rings. The highest BCUT2D eigenvalue weighted by Crippen LogP contribution is 2.30. The Morgan fingerprint density at radius 1 is 0.716 bits per heavy atom. The minimum absolute atomic E-state index is 0.0381. The Morgan fingerprint density at radius 3 is 1.98 bits per heavy atom. The predicted molar refractivity (Wildman–Crippen MR) is 296 cm³/mol. The molecule has 0 aromatic heterocycles. The number of phenolic OH excluding ortho intramolecular Hbond substituents is 1. The number of nitrogens with two attached hydrogens (primary N) is 1. The number of unbranched alkanes of at least 4 members (excludes halogenated alkanes) is 5. The molecule has 0 radical (unpaired) electrons. The third-order valence-corrected chi connectivity index (χ3v) is 16.5. The van der Waals surface area contributed by atoms with Crippen molar-refractivity contribution in [1.82, 2.24) is 36.4 Å². The number of phenols is 1. The van der Waals surface area contributed by atoms with Gasteiger partial charge in [-0.25, -0.2) is 0 Å². The number of carbonyl (C=O) groups is 8. The molecule has 5 rings (SSSR count). The Balaban J connectivity index is 1.53. The molecular formula is C56H84N8O16S. The van der Waals surface area contributed by atoms with Crippen LogP contribution in [0.2, 0.25) is 0 Å². The van der Waals surface area contributed by atoms with Gasteiger partial charge in [-0.3, -0.25) is 38.4 Å². The summed E-state index contributed by atoms with van der Waals surface area (Å²) in [7, 11) is 0. The minimum atomic E-state index is -2.35. The van der Waals surface area contributed by atoms with Crippen molar-refractivity contribution in [1.29, 1.82) is 0 Å². The summed E-state index contributed by atoms with van der Waals surface area (Å²) >= 11 is 0.899. The maximum Gasteiger partial charge on any atom is 0.248 e. The average Bonchev–Trinajstić information content (AvgIpc) is 4.19. The van der Waals surface area contributed by atoms with Gasteiger partial charge in [0.1, 0.15) is 59.6 Å². The first-order chi connectivity index (χ1) is 38.4. The molecule has 8 amide bonds. The van der Waals surface area contributed by atoms with Crippen molar-refractivity contribution in [3.8, 4) is 5.75 Å². The summed E-state index contributed by atoms with van der Waals surface area (Å²) in [6, 6.07) is 1.33. The van der Waals surface area contributed by atoms with E-state index in [9.17, 15) is 79.2 Å². The van der Waals surface area contributed by atoms with Crippen LogP contribution < -0.4 is 32.3 Å². The van der Waals surface area contributed by atoms with E-state index in [4.69, 9.17) is 5.73 Å². The smallest absolute Gasteiger partial charge is 0.248 e. The lowest BCUT2D eigenvalue weighted by atomic mass is 9.91. The number of nitrogens with one attached hydrogen (secondary N) is 5. The fraction of sp³-hybridized carbons (Fsp3) is 0.643. The van der Waals surface area contributed by atoms with Crippen molar-refractivity contribution in [2.24, 2.45) is 17.6 Å². The standard InChI is InChI=1S/C56H84N8O16S/c1-5-30(2)25-31(3)15-11-8-6-7-9-14-18-43(72)58-37-27-41(70)54(81-36-16-12-10-13-17-36)62-53(78)47-39(68)23-24-63(47)56(80)45(40(69)28-42(57)71)60-52(77)46(49(74)48(73)33-19-21-34(66)22-20-33)61-51(76)38-26-35(67)29-64(38)55(79)44(32(4)65)59-50(37)75/h10,12-13,16-17,19-22,30-32,35,37-41,44-49,54,65-70,73-74H,5-9,11,14-15,18,23-29H2,1-4H3,(H2,57,71)(H,58,72)(H,59,75)(H,60,77)(H,61,76)(H,62,78)/t30?,31?,32-,35-,37-,38+,39+,40-,41+,44+,45+,46+,47+,48+,49+,54-/m1/s1. The number of nitrogens with zero attached hydrogens (tertiary/aromatic N) is 2. The lowest BCUT2D eigenvalue weighted by Gasteiger charge is -2.34. The highest BCUT2D eigenvalue weighted by atomic mass is 32.2. The number of aliphatic hydroxyl groups is 7. The van der Waals surface area contributed by atoms with Crippen LogP contribution in [0.4, 0.5) is 0 Å². The number of benzene rings is 2. The minimum Gasteiger partial charge on any atom is -0.508 e. The summed E-state index contributed by atoms with van der Waals surface area (Å²) in [5.41, 5.74) is 5.31. The van der Waals surface area contributed by atoms with Crippen LogP contribution in [0.3, 0.4) is 0 Å². The van der Waals surface area contributed by atoms with Crippen molar-refractivity contribution in [3.63, 3.8) is 0 Å². The van der Waals surface area contributed by atoms with Gasteiger partial charge in [-0.2, -0.15) is 0 Å². The second-order valence-corrected chi connectivity index (χ2v) is 23.2. The normalized spacial score (nSPS) is 27.7. The lowest BCUT2D eigenvalue weighted by molar-refractivity contribution is -0.148. The van der Waals surface area contributed by atoms with Crippen LogP contribution in [-0.4, -0.2) is 189 Å². The summed E-state index contributed by atoms with van der Waals surface area (Å²) in [5.74, 6) is -8.00. The van der Waals surface area contributed by atoms with E-state index < -0.39 is 157 Å². The Labute approximate surface area is 476 Å². The summed E-state index contributed by atoms with van der Waals surface area (Å²) in [5, 5.41) is 101. The Kier molecular flexibility index (Phi) is 25.6. The number of fused-ring (bicyclic) bond motifs is 2. The molecule has 24 nitrogen and oxygen atoms in total. The number of hydrogen-bond acceptors (Lipinski definition) is 17. The SMILES string of the molecule is CCC(C)CC(C)CCCCCCCCC(=O)N[C@@H]1C[C@H](O)[C@@H](Sc2ccccc2)NC(=O)[C@@H]2[C@@H](O)CCN2C(=O)[C@H]([C@H](O)CC(N)=O)NC(=O)[C@H]([C@H](O)[C@@H](O)c2ccc(O)cc2)NC(=O)[C@@H]2C[C@@H](O)CN2C(=O)[C@H]([C@@H](C)O)NC1=O. The third kappa shape index (κ3) is 19.1. The van der Waals surface area contributed by atoms with E-state index in [2.05, 4.69) is 47.4 Å². The van der Waals surface area contributed by atoms with Crippen molar-refractivity contribution >= 4 is 59.0 Å². The van der Waals surface area contributed by atoms with Gasteiger partial charge >= 0.3 is 0 Å². The van der Waals surface area contributed by atoms with Crippen LogP contribution in [0, 0.1) is 11.8 Å². The average molecular weight is 1160 g/mol. The monoisotopic (exact) mass is 1160 g/mol. The number of rotatable bonds is 22. The summed E-state index contributed by atoms with van der Waals surface area (Å²) < 4.78 is 0. The molecule has 3 saturated heterocycles. The molecule has 2 aromatic carbocycles. The first-order valence-corrected chi connectivity index (χ1v) is 29.0. The maximum absolute atomic E-state index is 14.7. The van der Waals surface area contributed by atoms with Gasteiger partial charge in [0.25, 0.3) is 0 Å². The number of thioether (sulfide) groups is 1. The van der Waals surface area contributed by atoms with E-state index >= 15 is 0 Å². The van der Waals surface area contributed by atoms with Crippen LogP contribution >= 0.6 is 11.8 Å². The van der Waals surface area contributed by atoms with E-state index in [1.54, 1.807) is 30.3 Å². The van der Waals surface area contributed by atoms with Gasteiger partial charge in [-0.05, 0) is 67.9 Å². The van der Waals surface area contributed by atoms with Gasteiger partial charge in [0, 0.05) is 37.2 Å². The molecule has 0 saturated carbocycles. The van der Waals surface area contributed by atoms with Crippen molar-refractivity contribution in [3.05, 3.63) is 60.2 Å². The fourth-order valence-corrected chi connectivity index (χ4v) is 11.6. The van der Waals surface area contributed by atoms with E-state index in [0.29, 0.717) is 29.6 Å². The van der Waals surface area contributed by atoms with E-state index in [-0.39, 0.29) is 30.7 Å². The number of carbonyl (C=O) groups excluding carboxylic acids is 8. The Morgan fingerprint density at radius 2 is 1.33 bits per heavy atom. The molecule has 81 heavy (non-hydrogen) atoms. The third-order valence-electron chi connectivity index (χ3n) is 15.3. The second-order valence-electron chi connectivity index (χ2n) is 22.0. The van der Waals surface area contributed by atoms with Crippen LogP contribution in [0.15, 0.2) is 59.5 Å². The number of amides is 8. The molecule has 3 heterocycles. The summed E-state index contributed by atoms with van der Waals surface area (Å²) in [6.45, 7) is 6.92. The Bertz CT molecular complexity index is 2430. The molecule has 16 atom stereocenters. The van der Waals surface area contributed by atoms with Crippen LogP contribution in [0.5, 0.6) is 5.75 Å². The van der Waals surface area contributed by atoms with Crippen LogP contribution in [0.25, 0.3) is 0 Å². The summed E-state index contributed by atoms with van der Waals surface area (Å²) in [6.07, 6.45) is -6.92. The van der Waals surface area contributed by atoms with Gasteiger partial charge in [-0.1, -0.05) is 108 Å². The van der Waals surface area contributed by atoms with Gasteiger partial charge in [0.2, 0.25) is 47.3 Å². The number of primary amides is 1. The van der Waals surface area contributed by atoms with Gasteiger partial charge in [0.05, 0.1) is 36.9 Å². The molecule has 450 valence electrons. The zero-order valence-electron chi connectivity index (χ0n) is 46.5. The number of hydrogen-bond donors (Lipinski definition) is 14. The first-order valence-electron chi connectivity index (χ1n) is 28.1. The predicted octanol–water partition coefficient (Wildman–Crippen LogP) is -0.541. The summed E-state index contributed by atoms with van der Waals surface area (Å²) in [4.78, 5) is 116. The molecule has 3 aliphatic heterocycles. The number of aliphatic hydroxyl groups excluding tert-OH is 7. The first kappa shape index (κ1) is 65.9. The largest absolute Gasteiger partial charge is 0.508 e. The highest BCUT2D eigenvalue weighted by molar-refractivity contribution is 8.00. The maximum atomic E-state index is 14.7. The van der Waals surface area contributed by atoms with Gasteiger partial charge in [0.15, 0.2) is 0 Å². The molecule has 3 aliphatic rings. The molecule has 0 aliphatic carbocycles. The fourth-order valence-electron chi connectivity index (χ4n) is 10.5. The molecule has 15 N–H and O–H groups in total. The molecular weight excluding hydrogens is 1070 g/mol. The van der Waals surface area contributed by atoms with Crippen molar-refractivity contribution in [2.45, 2.75) is 207 Å². The van der Waals surface area contributed by atoms with E-state index in [0.717, 1.165) is 79.1 Å². The molecule has 25 heteroatoms. The Hall–Kier alpha value is -5.93. The lowest BCUT2D eigenvalue weighted by Crippen LogP contribution is -2.64. The van der Waals surface area contributed by atoms with Gasteiger partial charge in [-0.15, -0.1) is 0 Å². The van der Waals surface area contributed by atoms with Crippen LogP contribution in [-0.2, 0) is 38.4 Å². The van der Waals surface area contributed by atoms with Crippen molar-refractivity contribution < 1.29 is 79.2 Å².